The number of hydrogen-bond donors (Lipinski definition) is 2. The van der Waals surface area contributed by atoms with Crippen molar-refractivity contribution >= 4 is 34.3 Å². The number of aliphatic hydroxyl groups is 1. The van der Waals surface area contributed by atoms with Crippen LogP contribution >= 0.6 is 0 Å². The van der Waals surface area contributed by atoms with E-state index in [2.05, 4.69) is 48.7 Å². The van der Waals surface area contributed by atoms with Crippen LogP contribution in [-0.2, 0) is 21.7 Å². The maximum atomic E-state index is 13.4. The number of ether oxygens (including phenoxy) is 1. The molecular formula is C40H53N9O4. The van der Waals surface area contributed by atoms with Crippen LogP contribution in [0.4, 0.5) is 17.3 Å². The fourth-order valence-corrected chi connectivity index (χ4v) is 8.27. The van der Waals surface area contributed by atoms with Gasteiger partial charge >= 0.3 is 5.97 Å². The Morgan fingerprint density at radius 3 is 2.23 bits per heavy atom. The third-order valence-corrected chi connectivity index (χ3v) is 11.2. The number of piperidine rings is 1. The van der Waals surface area contributed by atoms with Crippen LogP contribution in [0.25, 0.3) is 16.9 Å². The quantitative estimate of drug-likeness (QED) is 0.163. The molecule has 0 radical (unpaired) electrons. The van der Waals surface area contributed by atoms with E-state index in [0.29, 0.717) is 47.2 Å². The standard InChI is InChI=1S/C40H53N9O4/c1-5-20-48-37(50)33-27-41-39(44-36(33)49(48)35-9-7-8-34(43-35)40(3,4)52)42-29-10-12-30(13-11-29)46-23-25-47(26-24-46)32-16-14-31(15-17-32)45-21-18-28(19-22-45)38(51)53-6-2/h5,7-13,27-28,31-32,52H,1,6,14-26H2,2-4H3,(H,41,42,44). The van der Waals surface area contributed by atoms with Crippen LogP contribution in [0.15, 0.2) is 66.1 Å². The minimum absolute atomic E-state index is 0.0128. The molecule has 282 valence electrons. The Labute approximate surface area is 311 Å². The zero-order valence-electron chi connectivity index (χ0n) is 31.3. The van der Waals surface area contributed by atoms with Crippen molar-refractivity contribution in [2.24, 2.45) is 5.92 Å². The lowest BCUT2D eigenvalue weighted by atomic mass is 9.87. The van der Waals surface area contributed by atoms with Gasteiger partial charge in [-0.1, -0.05) is 12.1 Å². The first-order valence-corrected chi connectivity index (χ1v) is 19.2. The van der Waals surface area contributed by atoms with Crippen LogP contribution < -0.4 is 15.8 Å². The van der Waals surface area contributed by atoms with Crippen LogP contribution in [0.2, 0.25) is 0 Å². The van der Waals surface area contributed by atoms with E-state index in [1.54, 1.807) is 49.0 Å². The maximum Gasteiger partial charge on any atom is 0.309 e. The number of rotatable bonds is 11. The number of hydrogen-bond acceptors (Lipinski definition) is 11. The molecule has 3 aliphatic rings. The molecular weight excluding hydrogens is 670 g/mol. The number of nitrogens with one attached hydrogen (secondary N) is 1. The first-order valence-electron chi connectivity index (χ1n) is 19.2. The molecule has 7 rings (SSSR count). The molecule has 4 aromatic rings. The van der Waals surface area contributed by atoms with E-state index >= 15 is 0 Å². The van der Waals surface area contributed by atoms with Crippen molar-refractivity contribution in [2.45, 2.75) is 83.5 Å². The summed E-state index contributed by atoms with van der Waals surface area (Å²) < 4.78 is 8.44. The van der Waals surface area contributed by atoms with Crippen molar-refractivity contribution in [1.82, 2.24) is 34.1 Å². The number of carbonyl (C=O) groups excluding carboxylic acids is 1. The summed E-state index contributed by atoms with van der Waals surface area (Å²) >= 11 is 0. The number of allylic oxidation sites excluding steroid dienone is 1. The fraction of sp³-hybridized carbons (Fsp3) is 0.525. The molecule has 0 atom stereocenters. The average Bonchev–Trinajstić information content (AvgIpc) is 3.45. The van der Waals surface area contributed by atoms with Crippen LogP contribution in [-0.4, -0.2) is 103 Å². The summed E-state index contributed by atoms with van der Waals surface area (Å²) in [4.78, 5) is 47.2. The summed E-state index contributed by atoms with van der Waals surface area (Å²) in [5.41, 5.74) is 1.52. The van der Waals surface area contributed by atoms with Crippen molar-refractivity contribution in [3.05, 3.63) is 77.4 Å². The molecule has 0 unspecified atom stereocenters. The van der Waals surface area contributed by atoms with Crippen molar-refractivity contribution < 1.29 is 14.6 Å². The predicted molar refractivity (Wildman–Crippen MR) is 207 cm³/mol. The van der Waals surface area contributed by atoms with Gasteiger partial charge in [0.05, 0.1) is 24.8 Å². The first kappa shape index (κ1) is 36.8. The summed E-state index contributed by atoms with van der Waals surface area (Å²) in [5, 5.41) is 14.3. The molecule has 1 aliphatic carbocycles. The molecule has 13 heteroatoms. The van der Waals surface area contributed by atoms with Gasteiger partial charge in [0.25, 0.3) is 5.56 Å². The van der Waals surface area contributed by atoms with Gasteiger partial charge in [-0.25, -0.2) is 19.3 Å². The summed E-state index contributed by atoms with van der Waals surface area (Å²) in [5.74, 6) is 0.886. The number of anilines is 3. The number of nitrogens with zero attached hydrogens (tertiary/aromatic N) is 8. The van der Waals surface area contributed by atoms with Crippen LogP contribution in [0.3, 0.4) is 0 Å². The molecule has 3 aromatic heterocycles. The second-order valence-corrected chi connectivity index (χ2v) is 15.1. The molecule has 1 aromatic carbocycles. The van der Waals surface area contributed by atoms with Gasteiger partial charge < -0.3 is 25.0 Å². The van der Waals surface area contributed by atoms with Crippen LogP contribution in [0, 0.1) is 5.92 Å². The van der Waals surface area contributed by atoms with E-state index in [4.69, 9.17) is 9.72 Å². The van der Waals surface area contributed by atoms with E-state index < -0.39 is 5.60 Å². The molecule has 0 amide bonds. The largest absolute Gasteiger partial charge is 0.466 e. The van der Waals surface area contributed by atoms with E-state index in [1.807, 2.05) is 19.1 Å². The third-order valence-electron chi connectivity index (χ3n) is 11.2. The van der Waals surface area contributed by atoms with Crippen molar-refractivity contribution in [3.63, 3.8) is 0 Å². The normalized spacial score (nSPS) is 20.8. The van der Waals surface area contributed by atoms with Crippen molar-refractivity contribution in [3.8, 4) is 5.82 Å². The Hall–Kier alpha value is -4.59. The molecule has 2 saturated heterocycles. The lowest BCUT2D eigenvalue weighted by Crippen LogP contribution is -2.53. The van der Waals surface area contributed by atoms with Gasteiger partial charge in [-0.3, -0.25) is 14.5 Å². The van der Waals surface area contributed by atoms with Crippen LogP contribution in [0.1, 0.15) is 65.0 Å². The summed E-state index contributed by atoms with van der Waals surface area (Å²) in [6.07, 6.45) is 10.0. The topological polar surface area (TPSA) is 134 Å². The molecule has 5 heterocycles. The number of esters is 1. The second kappa shape index (κ2) is 15.8. The van der Waals surface area contributed by atoms with Crippen LogP contribution in [0.5, 0.6) is 0 Å². The summed E-state index contributed by atoms with van der Waals surface area (Å²) in [7, 11) is 0. The number of fused-ring (bicyclic) bond motifs is 1. The molecule has 2 aliphatic heterocycles. The highest BCUT2D eigenvalue weighted by atomic mass is 16.5. The lowest BCUT2D eigenvalue weighted by molar-refractivity contribution is -0.149. The Morgan fingerprint density at radius 1 is 0.943 bits per heavy atom. The molecule has 0 bridgehead atoms. The molecule has 2 N–H and O–H groups in total. The summed E-state index contributed by atoms with van der Waals surface area (Å²) in [6, 6.07) is 15.0. The number of carbonyl (C=O) groups is 1. The van der Waals surface area contributed by atoms with Gasteiger partial charge in [0.2, 0.25) is 5.95 Å². The minimum atomic E-state index is -1.16. The Morgan fingerprint density at radius 2 is 1.60 bits per heavy atom. The Kier molecular flexibility index (Phi) is 11.0. The van der Waals surface area contributed by atoms with E-state index in [-0.39, 0.29) is 24.0 Å². The van der Waals surface area contributed by atoms with Gasteiger partial charge in [-0.15, -0.1) is 6.58 Å². The smallest absolute Gasteiger partial charge is 0.309 e. The van der Waals surface area contributed by atoms with Crippen molar-refractivity contribution in [2.75, 3.05) is 56.1 Å². The molecule has 1 saturated carbocycles. The summed E-state index contributed by atoms with van der Waals surface area (Å²) in [6.45, 7) is 15.9. The number of aromatic nitrogens is 5. The third kappa shape index (κ3) is 8.02. The van der Waals surface area contributed by atoms with Crippen molar-refractivity contribution in [1.29, 1.82) is 0 Å². The zero-order chi connectivity index (χ0) is 37.1. The molecule has 0 spiro atoms. The number of likely N-dealkylation sites (tertiary alicyclic amines) is 1. The molecule has 53 heavy (non-hydrogen) atoms. The number of benzene rings is 1. The highest BCUT2D eigenvalue weighted by Crippen LogP contribution is 2.31. The van der Waals surface area contributed by atoms with Gasteiger partial charge in [0.15, 0.2) is 11.5 Å². The van der Waals surface area contributed by atoms with Gasteiger partial charge in [0, 0.05) is 55.8 Å². The first-order chi connectivity index (χ1) is 25.6. The highest BCUT2D eigenvalue weighted by molar-refractivity contribution is 5.77. The molecule has 13 nitrogen and oxygen atoms in total. The maximum absolute atomic E-state index is 13.4. The highest BCUT2D eigenvalue weighted by Gasteiger charge is 2.34. The van der Waals surface area contributed by atoms with E-state index in [0.717, 1.165) is 57.8 Å². The fourth-order valence-electron chi connectivity index (χ4n) is 8.27. The number of piperazine rings is 1. The average molecular weight is 724 g/mol. The molecule has 3 fully saturated rings. The van der Waals surface area contributed by atoms with E-state index in [1.165, 1.54) is 36.1 Å². The van der Waals surface area contributed by atoms with Gasteiger partial charge in [-0.2, -0.15) is 4.98 Å². The zero-order valence-corrected chi connectivity index (χ0v) is 31.3. The Balaban J connectivity index is 0.947. The monoisotopic (exact) mass is 723 g/mol. The predicted octanol–water partition coefficient (Wildman–Crippen LogP) is 4.84. The SMILES string of the molecule is C=CCn1c(=O)c2cnc(Nc3ccc(N4CCN(C5CCC(N6CCC(C(=O)OCC)CC6)CC5)CC4)cc3)nc2n1-c1cccc(C(C)(C)O)n1. The van der Waals surface area contributed by atoms with Gasteiger partial charge in [0.1, 0.15) is 11.0 Å². The lowest BCUT2D eigenvalue weighted by Gasteiger charge is -2.45. The van der Waals surface area contributed by atoms with E-state index in [9.17, 15) is 14.7 Å². The second-order valence-electron chi connectivity index (χ2n) is 15.1. The Bertz CT molecular complexity index is 1940. The number of pyridine rings is 1. The minimum Gasteiger partial charge on any atom is -0.466 e. The van der Waals surface area contributed by atoms with Gasteiger partial charge in [-0.05, 0) is 109 Å².